The molecule has 1 radical (unpaired) electrons. The zero-order valence-electron chi connectivity index (χ0n) is 6.87. The summed E-state index contributed by atoms with van der Waals surface area (Å²) in [7, 11) is 0. The maximum absolute atomic E-state index is 10.9. The van der Waals surface area contributed by atoms with E-state index in [-0.39, 0.29) is 5.56 Å². The van der Waals surface area contributed by atoms with E-state index in [1.54, 1.807) is 6.07 Å². The first-order valence-electron chi connectivity index (χ1n) is 3.62. The van der Waals surface area contributed by atoms with E-state index in [0.29, 0.717) is 11.0 Å². The quantitative estimate of drug-likeness (QED) is 0.536. The van der Waals surface area contributed by atoms with Crippen LogP contribution in [-0.4, -0.2) is 21.2 Å². The van der Waals surface area contributed by atoms with Crippen molar-refractivity contribution in [1.29, 1.82) is 0 Å². The lowest BCUT2D eigenvalue weighted by Crippen LogP contribution is -2.07. The summed E-state index contributed by atoms with van der Waals surface area (Å²) in [5.41, 5.74) is 0.466. The maximum atomic E-state index is 10.9. The standard InChI is InChI=1S/C8H6N3OS/c1-13-8-9-4-5-2-3-6(12)10-7(5)11-8/h2-3H,1H3,(H,9,10,11,12). The highest BCUT2D eigenvalue weighted by atomic mass is 32.2. The second-order valence-corrected chi connectivity index (χ2v) is 3.20. The van der Waals surface area contributed by atoms with Gasteiger partial charge in [0.25, 0.3) is 5.56 Å². The minimum Gasteiger partial charge on any atom is -0.319 e. The molecule has 0 amide bonds. The number of fused-ring (bicyclic) bond motifs is 1. The van der Waals surface area contributed by atoms with Gasteiger partial charge in [-0.15, -0.1) is 0 Å². The zero-order chi connectivity index (χ0) is 9.26. The third kappa shape index (κ3) is 1.55. The van der Waals surface area contributed by atoms with Gasteiger partial charge in [-0.25, -0.2) is 4.98 Å². The van der Waals surface area contributed by atoms with Gasteiger partial charge in [0.15, 0.2) is 5.16 Å². The van der Waals surface area contributed by atoms with Crippen LogP contribution in [0.15, 0.2) is 22.1 Å². The molecule has 0 unspecified atom stereocenters. The fourth-order valence-corrected chi connectivity index (χ4v) is 1.30. The summed E-state index contributed by atoms with van der Waals surface area (Å²) < 4.78 is 0. The van der Waals surface area contributed by atoms with Gasteiger partial charge >= 0.3 is 0 Å². The van der Waals surface area contributed by atoms with Gasteiger partial charge < -0.3 is 4.98 Å². The van der Waals surface area contributed by atoms with Crippen LogP contribution in [0.25, 0.3) is 11.4 Å². The number of hydrogen-bond donors (Lipinski definition) is 1. The maximum Gasteiger partial charge on any atom is 0.271 e. The molecule has 0 atom stereocenters. The normalized spacial score (nSPS) is 10.5. The molecule has 0 aromatic carbocycles. The van der Waals surface area contributed by atoms with Crippen LogP contribution >= 0.6 is 11.8 Å². The van der Waals surface area contributed by atoms with Gasteiger partial charge in [0.05, 0.1) is 0 Å². The van der Waals surface area contributed by atoms with Crippen molar-refractivity contribution >= 4 is 11.8 Å². The Morgan fingerprint density at radius 2 is 2.38 bits per heavy atom. The van der Waals surface area contributed by atoms with Gasteiger partial charge in [0, 0.05) is 11.6 Å². The zero-order valence-corrected chi connectivity index (χ0v) is 7.68. The summed E-state index contributed by atoms with van der Waals surface area (Å²) in [6.45, 7) is 0. The molecular formula is C8H6N3OS. The lowest BCUT2D eigenvalue weighted by Gasteiger charge is -2.02. The largest absolute Gasteiger partial charge is 0.319 e. The van der Waals surface area contributed by atoms with Crippen LogP contribution in [0.3, 0.4) is 0 Å². The predicted molar refractivity (Wildman–Crippen MR) is 49.9 cm³/mol. The van der Waals surface area contributed by atoms with Gasteiger partial charge in [-0.05, 0) is 12.3 Å². The molecule has 2 aliphatic rings. The molecule has 0 fully saturated rings. The van der Waals surface area contributed by atoms with E-state index >= 15 is 0 Å². The minimum absolute atomic E-state index is 0.254. The number of pyridine rings is 1. The Hall–Kier alpha value is -1.36. The molecule has 4 nitrogen and oxygen atoms in total. The third-order valence-corrected chi connectivity index (χ3v) is 2.15. The number of thioether (sulfide) groups is 1. The number of rotatable bonds is 1. The van der Waals surface area contributed by atoms with E-state index in [1.807, 2.05) is 6.26 Å². The van der Waals surface area contributed by atoms with E-state index in [0.717, 1.165) is 5.56 Å². The molecule has 0 aliphatic carbocycles. The van der Waals surface area contributed by atoms with E-state index in [4.69, 9.17) is 0 Å². The summed E-state index contributed by atoms with van der Waals surface area (Å²) in [5, 5.41) is 0.700. The SMILES string of the molecule is CSc1n[c]c2ccc(=O)nc-2[nH]1. The Bertz CT molecular complexity index is 454. The topological polar surface area (TPSA) is 58.6 Å². The number of aromatic nitrogens is 3. The molecule has 2 aliphatic heterocycles. The number of nitrogens with one attached hydrogen (secondary N) is 1. The Labute approximate surface area is 78.8 Å². The van der Waals surface area contributed by atoms with Crippen molar-refractivity contribution < 1.29 is 0 Å². The highest BCUT2D eigenvalue weighted by Gasteiger charge is 2.05. The smallest absolute Gasteiger partial charge is 0.271 e. The van der Waals surface area contributed by atoms with Crippen molar-refractivity contribution in [2.45, 2.75) is 5.16 Å². The number of nitrogens with zero attached hydrogens (tertiary/aromatic N) is 2. The minimum atomic E-state index is -0.254. The molecule has 13 heavy (non-hydrogen) atoms. The molecule has 65 valence electrons. The molecule has 2 rings (SSSR count). The number of hydrogen-bond acceptors (Lipinski definition) is 4. The summed E-state index contributed by atoms with van der Waals surface area (Å²) in [5.74, 6) is 0.534. The molecule has 2 heterocycles. The first-order valence-corrected chi connectivity index (χ1v) is 4.85. The van der Waals surface area contributed by atoms with Gasteiger partial charge in [-0.3, -0.25) is 4.79 Å². The first-order chi connectivity index (χ1) is 6.29. The van der Waals surface area contributed by atoms with Crippen LogP contribution in [0.5, 0.6) is 0 Å². The van der Waals surface area contributed by atoms with Gasteiger partial charge in [0.1, 0.15) is 12.0 Å². The molecule has 5 heteroatoms. The summed E-state index contributed by atoms with van der Waals surface area (Å²) in [6, 6.07) is 3.05. The fraction of sp³-hybridized carbons (Fsp3) is 0.125. The van der Waals surface area contributed by atoms with Crippen LogP contribution in [0.1, 0.15) is 0 Å². The Kier molecular flexibility index (Phi) is 2.02. The molecule has 1 N–H and O–H groups in total. The molecule has 0 spiro atoms. The predicted octanol–water partition coefficient (Wildman–Crippen LogP) is 0.792. The van der Waals surface area contributed by atoms with Crippen LogP contribution in [-0.2, 0) is 0 Å². The molecule has 0 bridgehead atoms. The average molecular weight is 192 g/mol. The highest BCUT2D eigenvalue weighted by molar-refractivity contribution is 7.98. The van der Waals surface area contributed by atoms with Crippen molar-refractivity contribution in [3.63, 3.8) is 0 Å². The van der Waals surface area contributed by atoms with Crippen LogP contribution in [0, 0.1) is 6.20 Å². The van der Waals surface area contributed by atoms with E-state index < -0.39 is 0 Å². The van der Waals surface area contributed by atoms with Crippen molar-refractivity contribution in [3.8, 4) is 11.4 Å². The summed E-state index contributed by atoms with van der Waals surface area (Å²) in [4.78, 5) is 21.6. The van der Waals surface area contributed by atoms with E-state index in [1.165, 1.54) is 17.8 Å². The molecule has 0 aromatic rings. The molecule has 0 saturated heterocycles. The molecular weight excluding hydrogens is 186 g/mol. The summed E-state index contributed by atoms with van der Waals surface area (Å²) in [6.07, 6.45) is 4.68. The van der Waals surface area contributed by atoms with E-state index in [2.05, 4.69) is 21.1 Å². The fourth-order valence-electron chi connectivity index (χ4n) is 0.964. The van der Waals surface area contributed by atoms with Gasteiger partial charge in [-0.2, -0.15) is 4.98 Å². The van der Waals surface area contributed by atoms with Crippen molar-refractivity contribution in [1.82, 2.24) is 15.0 Å². The monoisotopic (exact) mass is 192 g/mol. The van der Waals surface area contributed by atoms with Crippen molar-refractivity contribution in [2.24, 2.45) is 0 Å². The second kappa shape index (κ2) is 3.18. The van der Waals surface area contributed by atoms with Crippen molar-refractivity contribution in [3.05, 3.63) is 28.7 Å². The Morgan fingerprint density at radius 3 is 3.15 bits per heavy atom. The van der Waals surface area contributed by atoms with Gasteiger partial charge in [0.2, 0.25) is 0 Å². The van der Waals surface area contributed by atoms with E-state index in [9.17, 15) is 4.79 Å². The lowest BCUT2D eigenvalue weighted by molar-refractivity contribution is 0.936. The van der Waals surface area contributed by atoms with Crippen LogP contribution in [0.2, 0.25) is 0 Å². The van der Waals surface area contributed by atoms with Crippen LogP contribution in [0.4, 0.5) is 0 Å². The highest BCUT2D eigenvalue weighted by Crippen LogP contribution is 2.15. The van der Waals surface area contributed by atoms with Gasteiger partial charge in [-0.1, -0.05) is 11.8 Å². The molecule has 0 aromatic heterocycles. The molecule has 0 saturated carbocycles. The second-order valence-electron chi connectivity index (χ2n) is 2.40. The Balaban J connectivity index is 2.69. The summed E-state index contributed by atoms with van der Waals surface area (Å²) >= 11 is 1.45. The average Bonchev–Trinajstić information content (AvgIpc) is 2.16. The lowest BCUT2D eigenvalue weighted by atomic mass is 10.2. The third-order valence-electron chi connectivity index (χ3n) is 1.57. The Morgan fingerprint density at radius 1 is 1.54 bits per heavy atom. The van der Waals surface area contributed by atoms with Crippen LogP contribution < -0.4 is 5.56 Å². The number of H-pyrrole nitrogens is 1. The first kappa shape index (κ1) is 8.25. The van der Waals surface area contributed by atoms with Crippen molar-refractivity contribution in [2.75, 3.05) is 6.26 Å². The number of aromatic amines is 1.